The van der Waals surface area contributed by atoms with Gasteiger partial charge in [-0.05, 0) is 36.6 Å². The highest BCUT2D eigenvalue weighted by atomic mass is 32.2. The van der Waals surface area contributed by atoms with E-state index in [1.807, 2.05) is 6.07 Å². The zero-order chi connectivity index (χ0) is 18.2. The molecular formula is C24H18N2S. The van der Waals surface area contributed by atoms with E-state index in [0.717, 1.165) is 21.9 Å². The summed E-state index contributed by atoms with van der Waals surface area (Å²) in [5, 5.41) is 2.25. The van der Waals surface area contributed by atoms with Gasteiger partial charge in [0.1, 0.15) is 10.9 Å². The lowest BCUT2D eigenvalue weighted by molar-refractivity contribution is 1.18. The standard InChI is InChI=1S/C24H18N2S/c1-17-11-14-20(15-12-17)27-24-22-16-13-18-7-5-6-10-21(18)26(22)23(25-24)19-8-3-2-4-9-19/h2-16H,1H3. The number of benzene rings is 3. The first-order valence-corrected chi connectivity index (χ1v) is 9.81. The van der Waals surface area contributed by atoms with Crippen LogP contribution in [-0.4, -0.2) is 9.38 Å². The summed E-state index contributed by atoms with van der Waals surface area (Å²) in [6.07, 6.45) is 0. The Hall–Kier alpha value is -3.04. The Balaban J connectivity index is 1.77. The molecule has 0 aliphatic rings. The summed E-state index contributed by atoms with van der Waals surface area (Å²) in [6, 6.07) is 31.9. The first-order valence-electron chi connectivity index (χ1n) is 9.00. The second-order valence-corrected chi connectivity index (χ2v) is 7.70. The third-order valence-electron chi connectivity index (χ3n) is 4.75. The van der Waals surface area contributed by atoms with Crippen molar-refractivity contribution >= 4 is 28.2 Å². The molecule has 0 amide bonds. The van der Waals surface area contributed by atoms with Gasteiger partial charge in [-0.25, -0.2) is 4.98 Å². The van der Waals surface area contributed by atoms with E-state index in [1.54, 1.807) is 11.8 Å². The van der Waals surface area contributed by atoms with Gasteiger partial charge in [-0.3, -0.25) is 4.40 Å². The van der Waals surface area contributed by atoms with Gasteiger partial charge < -0.3 is 0 Å². The number of hydrogen-bond donors (Lipinski definition) is 0. The number of para-hydroxylation sites is 1. The van der Waals surface area contributed by atoms with Gasteiger partial charge in [0, 0.05) is 10.5 Å². The third kappa shape index (κ3) is 2.90. The summed E-state index contributed by atoms with van der Waals surface area (Å²) in [5.74, 6) is 0.983. The van der Waals surface area contributed by atoms with Crippen molar-refractivity contribution in [1.82, 2.24) is 9.38 Å². The lowest BCUT2D eigenvalue weighted by Gasteiger charge is -2.06. The fourth-order valence-electron chi connectivity index (χ4n) is 3.38. The number of aromatic nitrogens is 2. The second kappa shape index (κ2) is 6.60. The number of aryl methyl sites for hydroxylation is 1. The normalized spacial score (nSPS) is 11.3. The van der Waals surface area contributed by atoms with Crippen LogP contribution >= 0.6 is 11.8 Å². The van der Waals surface area contributed by atoms with Gasteiger partial charge in [0.15, 0.2) is 0 Å². The minimum absolute atomic E-state index is 0.983. The highest BCUT2D eigenvalue weighted by Gasteiger charge is 2.15. The molecule has 0 atom stereocenters. The van der Waals surface area contributed by atoms with Crippen LogP contribution in [0.25, 0.3) is 27.8 Å². The second-order valence-electron chi connectivity index (χ2n) is 6.63. The van der Waals surface area contributed by atoms with Crippen LogP contribution in [-0.2, 0) is 0 Å². The van der Waals surface area contributed by atoms with Crippen LogP contribution in [0.3, 0.4) is 0 Å². The van der Waals surface area contributed by atoms with E-state index in [1.165, 1.54) is 21.4 Å². The summed E-state index contributed by atoms with van der Waals surface area (Å²) < 4.78 is 2.28. The smallest absolute Gasteiger partial charge is 0.146 e. The molecule has 0 N–H and O–H groups in total. The summed E-state index contributed by atoms with van der Waals surface area (Å²) in [6.45, 7) is 2.11. The number of nitrogens with zero attached hydrogens (tertiary/aromatic N) is 2. The molecule has 0 radical (unpaired) electrons. The van der Waals surface area contributed by atoms with Crippen molar-refractivity contribution in [1.29, 1.82) is 0 Å². The van der Waals surface area contributed by atoms with Crippen molar-refractivity contribution in [2.45, 2.75) is 16.8 Å². The molecule has 5 aromatic rings. The molecule has 0 unspecified atom stereocenters. The molecule has 0 spiro atoms. The molecule has 3 aromatic carbocycles. The fourth-order valence-corrected chi connectivity index (χ4v) is 4.27. The van der Waals surface area contributed by atoms with Crippen LogP contribution in [0.2, 0.25) is 0 Å². The number of pyridine rings is 1. The number of hydrogen-bond acceptors (Lipinski definition) is 2. The highest BCUT2D eigenvalue weighted by molar-refractivity contribution is 7.99. The van der Waals surface area contributed by atoms with Gasteiger partial charge in [-0.2, -0.15) is 0 Å². The predicted molar refractivity (Wildman–Crippen MR) is 113 cm³/mol. The van der Waals surface area contributed by atoms with Crippen LogP contribution in [0.1, 0.15) is 5.56 Å². The average Bonchev–Trinajstić information content (AvgIpc) is 3.09. The zero-order valence-electron chi connectivity index (χ0n) is 15.0. The quantitative estimate of drug-likeness (QED) is 0.357. The van der Waals surface area contributed by atoms with Gasteiger partial charge in [0.2, 0.25) is 0 Å². The van der Waals surface area contributed by atoms with E-state index >= 15 is 0 Å². The number of rotatable bonds is 3. The maximum atomic E-state index is 5.05. The maximum absolute atomic E-state index is 5.05. The molecule has 2 nitrogen and oxygen atoms in total. The molecule has 27 heavy (non-hydrogen) atoms. The van der Waals surface area contributed by atoms with E-state index in [0.29, 0.717) is 0 Å². The Labute approximate surface area is 162 Å². The van der Waals surface area contributed by atoms with Crippen molar-refractivity contribution in [2.24, 2.45) is 0 Å². The predicted octanol–water partition coefficient (Wildman–Crippen LogP) is 6.61. The lowest BCUT2D eigenvalue weighted by atomic mass is 10.2. The monoisotopic (exact) mass is 366 g/mol. The molecule has 0 aliphatic carbocycles. The Morgan fingerprint density at radius 3 is 2.26 bits per heavy atom. The van der Waals surface area contributed by atoms with E-state index in [4.69, 9.17) is 4.98 Å². The minimum atomic E-state index is 0.983. The summed E-state index contributed by atoms with van der Waals surface area (Å²) in [5.41, 5.74) is 4.71. The van der Waals surface area contributed by atoms with Crippen LogP contribution < -0.4 is 0 Å². The molecular weight excluding hydrogens is 348 g/mol. The van der Waals surface area contributed by atoms with Crippen LogP contribution in [0, 0.1) is 6.92 Å². The van der Waals surface area contributed by atoms with Crippen LogP contribution in [0.4, 0.5) is 0 Å². The van der Waals surface area contributed by atoms with Gasteiger partial charge in [0.25, 0.3) is 0 Å². The van der Waals surface area contributed by atoms with Gasteiger partial charge in [0.05, 0.1) is 11.0 Å². The van der Waals surface area contributed by atoms with E-state index < -0.39 is 0 Å². The third-order valence-corrected chi connectivity index (χ3v) is 5.75. The maximum Gasteiger partial charge on any atom is 0.146 e. The first kappa shape index (κ1) is 16.2. The summed E-state index contributed by atoms with van der Waals surface area (Å²) in [7, 11) is 0. The average molecular weight is 366 g/mol. The zero-order valence-corrected chi connectivity index (χ0v) is 15.8. The van der Waals surface area contributed by atoms with Crippen molar-refractivity contribution < 1.29 is 0 Å². The van der Waals surface area contributed by atoms with E-state index in [9.17, 15) is 0 Å². The first-order chi connectivity index (χ1) is 13.3. The topological polar surface area (TPSA) is 17.3 Å². The van der Waals surface area contributed by atoms with E-state index in [-0.39, 0.29) is 0 Å². The number of fused-ring (bicyclic) bond motifs is 3. The highest BCUT2D eigenvalue weighted by Crippen LogP contribution is 2.35. The van der Waals surface area contributed by atoms with Crippen LogP contribution in [0.15, 0.2) is 101 Å². The SMILES string of the molecule is Cc1ccc(Sc2nc(-c3ccccc3)n3c2ccc2ccccc23)cc1. The van der Waals surface area contributed by atoms with Gasteiger partial charge in [-0.15, -0.1) is 0 Å². The van der Waals surface area contributed by atoms with E-state index in [2.05, 4.69) is 96.3 Å². The van der Waals surface area contributed by atoms with Crippen LogP contribution in [0.5, 0.6) is 0 Å². The van der Waals surface area contributed by atoms with Crippen molar-refractivity contribution in [3.63, 3.8) is 0 Å². The van der Waals surface area contributed by atoms with Gasteiger partial charge in [-0.1, -0.05) is 84.1 Å². The summed E-state index contributed by atoms with van der Waals surface area (Å²) in [4.78, 5) is 6.26. The van der Waals surface area contributed by atoms with Gasteiger partial charge >= 0.3 is 0 Å². The Morgan fingerprint density at radius 2 is 1.44 bits per heavy atom. The molecule has 5 rings (SSSR count). The fraction of sp³-hybridized carbons (Fsp3) is 0.0417. The molecule has 130 valence electrons. The molecule has 0 aliphatic heterocycles. The molecule has 2 heterocycles. The molecule has 0 saturated carbocycles. The summed E-state index contributed by atoms with van der Waals surface area (Å²) >= 11 is 1.72. The molecule has 0 saturated heterocycles. The van der Waals surface area contributed by atoms with Crippen molar-refractivity contribution in [3.8, 4) is 11.4 Å². The largest absolute Gasteiger partial charge is 0.291 e. The molecule has 0 bridgehead atoms. The Bertz CT molecular complexity index is 1240. The minimum Gasteiger partial charge on any atom is -0.291 e. The van der Waals surface area contributed by atoms with Crippen molar-refractivity contribution in [2.75, 3.05) is 0 Å². The molecule has 0 fully saturated rings. The lowest BCUT2D eigenvalue weighted by Crippen LogP contribution is -1.91. The molecule has 3 heteroatoms. The Morgan fingerprint density at radius 1 is 0.704 bits per heavy atom. The Kier molecular flexibility index (Phi) is 3.95. The number of imidazole rings is 1. The van der Waals surface area contributed by atoms with Crippen molar-refractivity contribution in [3.05, 3.63) is 96.6 Å². The molecule has 2 aromatic heterocycles.